The summed E-state index contributed by atoms with van der Waals surface area (Å²) >= 11 is 0. The van der Waals surface area contributed by atoms with Crippen LogP contribution in [0.4, 0.5) is 10.1 Å². The Hall–Kier alpha value is -2.62. The number of hydrogen-bond donors (Lipinski definition) is 1. The average Bonchev–Trinajstić information content (AvgIpc) is 3.26. The third-order valence-corrected chi connectivity index (χ3v) is 5.70. The van der Waals surface area contributed by atoms with Crippen molar-refractivity contribution in [3.63, 3.8) is 0 Å². The van der Waals surface area contributed by atoms with Gasteiger partial charge < -0.3 is 19.7 Å². The molecule has 4 rings (SSSR count). The summed E-state index contributed by atoms with van der Waals surface area (Å²) in [7, 11) is 0. The van der Waals surface area contributed by atoms with Crippen molar-refractivity contribution >= 4 is 35.6 Å². The van der Waals surface area contributed by atoms with Gasteiger partial charge in [0.1, 0.15) is 11.6 Å². The molecule has 1 aromatic heterocycles. The Morgan fingerprint density at radius 2 is 1.76 bits per heavy atom. The molecule has 1 aliphatic rings. The summed E-state index contributed by atoms with van der Waals surface area (Å²) in [4.78, 5) is 13.8. The highest BCUT2D eigenvalue weighted by molar-refractivity contribution is 14.0. The Morgan fingerprint density at radius 1 is 1.03 bits per heavy atom. The van der Waals surface area contributed by atoms with Crippen LogP contribution in [0.15, 0.2) is 72.0 Å². The molecule has 0 atom stereocenters. The first-order valence-electron chi connectivity index (χ1n) is 11.3. The number of hydrogen-bond acceptors (Lipinski definition) is 3. The van der Waals surface area contributed by atoms with Gasteiger partial charge >= 0.3 is 0 Å². The van der Waals surface area contributed by atoms with Crippen LogP contribution in [0.5, 0.6) is 0 Å². The molecule has 0 unspecified atom stereocenters. The number of piperazine rings is 1. The van der Waals surface area contributed by atoms with Crippen molar-refractivity contribution in [1.29, 1.82) is 0 Å². The summed E-state index contributed by atoms with van der Waals surface area (Å²) in [6.45, 7) is 7.54. The average molecular weight is 562 g/mol. The van der Waals surface area contributed by atoms with Crippen molar-refractivity contribution in [2.24, 2.45) is 4.99 Å². The molecule has 2 heterocycles. The summed E-state index contributed by atoms with van der Waals surface area (Å²) in [5.41, 5.74) is 1.94. The fourth-order valence-electron chi connectivity index (χ4n) is 4.05. The summed E-state index contributed by atoms with van der Waals surface area (Å²) in [5.74, 6) is 1.80. The van der Waals surface area contributed by atoms with Crippen LogP contribution in [0.3, 0.4) is 0 Å². The zero-order chi connectivity index (χ0) is 22.2. The van der Waals surface area contributed by atoms with Crippen molar-refractivity contribution in [2.45, 2.75) is 19.9 Å². The minimum absolute atomic E-state index is 0. The molecule has 0 spiro atoms. The summed E-state index contributed by atoms with van der Waals surface area (Å²) in [6.07, 6.45) is 4.66. The Morgan fingerprint density at radius 3 is 2.48 bits per heavy atom. The van der Waals surface area contributed by atoms with Gasteiger partial charge in [-0.05, 0) is 24.6 Å². The molecule has 1 N–H and O–H groups in total. The highest BCUT2D eigenvalue weighted by atomic mass is 127. The molecule has 6 nitrogen and oxygen atoms in total. The molecule has 0 radical (unpaired) electrons. The topological polar surface area (TPSA) is 48.7 Å². The second kappa shape index (κ2) is 12.6. The van der Waals surface area contributed by atoms with Crippen molar-refractivity contribution in [2.75, 3.05) is 44.2 Å². The molecular formula is C25H32FIN6. The molecule has 0 aliphatic carbocycles. The van der Waals surface area contributed by atoms with Crippen molar-refractivity contribution < 1.29 is 4.39 Å². The van der Waals surface area contributed by atoms with Gasteiger partial charge in [-0.25, -0.2) is 9.37 Å². The summed E-state index contributed by atoms with van der Waals surface area (Å²) < 4.78 is 16.3. The molecule has 1 aliphatic heterocycles. The van der Waals surface area contributed by atoms with Crippen molar-refractivity contribution in [3.05, 3.63) is 84.2 Å². The molecule has 176 valence electrons. The molecule has 1 saturated heterocycles. The Bertz CT molecular complexity index is 1010. The van der Waals surface area contributed by atoms with Gasteiger partial charge in [-0.2, -0.15) is 0 Å². The van der Waals surface area contributed by atoms with E-state index in [1.54, 1.807) is 6.07 Å². The molecule has 8 heteroatoms. The zero-order valence-corrected chi connectivity index (χ0v) is 21.4. The van der Waals surface area contributed by atoms with Gasteiger partial charge in [0.15, 0.2) is 5.96 Å². The molecule has 2 aromatic carbocycles. The lowest BCUT2D eigenvalue weighted by Crippen LogP contribution is -2.52. The number of para-hydroxylation sites is 1. The van der Waals surface area contributed by atoms with E-state index in [9.17, 15) is 4.39 Å². The van der Waals surface area contributed by atoms with E-state index in [1.165, 1.54) is 11.6 Å². The SMILES string of the molecule is CCNC(=NCCc1nccn1Cc1ccccc1)N1CCN(c2ccccc2F)CC1.I. The lowest BCUT2D eigenvalue weighted by Gasteiger charge is -2.37. The van der Waals surface area contributed by atoms with E-state index >= 15 is 0 Å². The first-order chi connectivity index (χ1) is 15.7. The van der Waals surface area contributed by atoms with Crippen LogP contribution in [0.25, 0.3) is 0 Å². The second-order valence-electron chi connectivity index (χ2n) is 7.87. The first-order valence-corrected chi connectivity index (χ1v) is 11.3. The monoisotopic (exact) mass is 562 g/mol. The maximum absolute atomic E-state index is 14.1. The highest BCUT2D eigenvalue weighted by Crippen LogP contribution is 2.20. The second-order valence-corrected chi connectivity index (χ2v) is 7.87. The molecular weight excluding hydrogens is 530 g/mol. The number of aromatic nitrogens is 2. The van der Waals surface area contributed by atoms with Crippen LogP contribution in [0, 0.1) is 5.82 Å². The summed E-state index contributed by atoms with van der Waals surface area (Å²) in [5, 5.41) is 3.41. The van der Waals surface area contributed by atoms with E-state index in [0.717, 1.165) is 57.5 Å². The van der Waals surface area contributed by atoms with Crippen LogP contribution in [0.2, 0.25) is 0 Å². The number of halogens is 2. The predicted octanol–water partition coefficient (Wildman–Crippen LogP) is 4.02. The number of guanidine groups is 1. The van der Waals surface area contributed by atoms with E-state index in [0.29, 0.717) is 12.2 Å². The predicted molar refractivity (Wildman–Crippen MR) is 143 cm³/mol. The van der Waals surface area contributed by atoms with Gasteiger partial charge in [-0.3, -0.25) is 4.99 Å². The zero-order valence-electron chi connectivity index (χ0n) is 19.0. The Labute approximate surface area is 212 Å². The third kappa shape index (κ3) is 6.69. The van der Waals surface area contributed by atoms with E-state index in [1.807, 2.05) is 30.6 Å². The summed E-state index contributed by atoms with van der Waals surface area (Å²) in [6, 6.07) is 17.4. The number of anilines is 1. The number of nitrogens with zero attached hydrogens (tertiary/aromatic N) is 5. The quantitative estimate of drug-likeness (QED) is 0.269. The van der Waals surface area contributed by atoms with E-state index in [4.69, 9.17) is 4.99 Å². The molecule has 33 heavy (non-hydrogen) atoms. The minimum Gasteiger partial charge on any atom is -0.366 e. The number of imidazole rings is 1. The van der Waals surface area contributed by atoms with Crippen molar-refractivity contribution in [3.8, 4) is 0 Å². The molecule has 0 bridgehead atoms. The number of rotatable bonds is 7. The van der Waals surface area contributed by atoms with Crippen LogP contribution in [-0.4, -0.2) is 59.7 Å². The molecule has 1 fully saturated rings. The largest absolute Gasteiger partial charge is 0.366 e. The standard InChI is InChI=1S/C25H31FN6.HI/c1-2-27-25(31-18-16-30(17-19-31)23-11-7-6-10-22(23)26)29-13-12-24-28-14-15-32(24)20-21-8-4-3-5-9-21;/h3-11,14-15H,2,12-13,16-20H2,1H3,(H,27,29);1H. The third-order valence-electron chi connectivity index (χ3n) is 5.70. The van der Waals surface area contributed by atoms with Crippen LogP contribution < -0.4 is 10.2 Å². The van der Waals surface area contributed by atoms with Gasteiger partial charge in [0.25, 0.3) is 0 Å². The fourth-order valence-corrected chi connectivity index (χ4v) is 4.05. The smallest absolute Gasteiger partial charge is 0.194 e. The fraction of sp³-hybridized carbons (Fsp3) is 0.360. The maximum Gasteiger partial charge on any atom is 0.194 e. The first kappa shape index (κ1) is 25.0. The molecule has 0 saturated carbocycles. The van der Waals surface area contributed by atoms with Crippen LogP contribution >= 0.6 is 24.0 Å². The van der Waals surface area contributed by atoms with Crippen LogP contribution in [-0.2, 0) is 13.0 Å². The van der Waals surface area contributed by atoms with E-state index in [2.05, 4.69) is 55.9 Å². The Balaban J connectivity index is 0.00000306. The van der Waals surface area contributed by atoms with Crippen LogP contribution in [0.1, 0.15) is 18.3 Å². The van der Waals surface area contributed by atoms with Gasteiger partial charge in [-0.1, -0.05) is 42.5 Å². The number of aliphatic imine (C=N–C) groups is 1. The minimum atomic E-state index is -0.160. The molecule has 0 amide bonds. The van der Waals surface area contributed by atoms with Gasteiger partial charge in [0, 0.05) is 64.6 Å². The van der Waals surface area contributed by atoms with Crippen molar-refractivity contribution in [1.82, 2.24) is 19.8 Å². The lowest BCUT2D eigenvalue weighted by atomic mass is 10.2. The van der Waals surface area contributed by atoms with E-state index in [-0.39, 0.29) is 29.8 Å². The number of benzene rings is 2. The lowest BCUT2D eigenvalue weighted by molar-refractivity contribution is 0.371. The van der Waals surface area contributed by atoms with Gasteiger partial charge in [0.2, 0.25) is 0 Å². The molecule has 3 aromatic rings. The normalized spacial score (nSPS) is 14.2. The highest BCUT2D eigenvalue weighted by Gasteiger charge is 2.21. The van der Waals surface area contributed by atoms with Gasteiger partial charge in [0.05, 0.1) is 5.69 Å². The maximum atomic E-state index is 14.1. The van der Waals surface area contributed by atoms with E-state index < -0.39 is 0 Å². The van der Waals surface area contributed by atoms with Gasteiger partial charge in [-0.15, -0.1) is 24.0 Å². The number of nitrogens with one attached hydrogen (secondary N) is 1. The Kier molecular flexibility index (Phi) is 9.53.